The SMILES string of the molecule is CC(CNC(=O)C(NC(=O)c1ccccc1Cl)C(C)C)C(=O)O. The Morgan fingerprint density at radius 1 is 1.17 bits per heavy atom. The van der Waals surface area contributed by atoms with Gasteiger partial charge in [-0.2, -0.15) is 0 Å². The molecule has 23 heavy (non-hydrogen) atoms. The Kier molecular flexibility index (Phi) is 7.03. The minimum absolute atomic E-state index is 0.000645. The van der Waals surface area contributed by atoms with Crippen molar-refractivity contribution in [3.63, 3.8) is 0 Å². The van der Waals surface area contributed by atoms with Gasteiger partial charge in [-0.05, 0) is 18.1 Å². The summed E-state index contributed by atoms with van der Waals surface area (Å²) in [6.07, 6.45) is 0. The fourth-order valence-corrected chi connectivity index (χ4v) is 2.07. The van der Waals surface area contributed by atoms with Gasteiger partial charge in [-0.15, -0.1) is 0 Å². The van der Waals surface area contributed by atoms with Crippen molar-refractivity contribution in [1.82, 2.24) is 10.6 Å². The van der Waals surface area contributed by atoms with Gasteiger partial charge in [-0.3, -0.25) is 14.4 Å². The number of hydrogen-bond donors (Lipinski definition) is 3. The number of benzene rings is 1. The van der Waals surface area contributed by atoms with E-state index in [1.165, 1.54) is 6.92 Å². The number of carbonyl (C=O) groups is 3. The maximum atomic E-state index is 12.3. The van der Waals surface area contributed by atoms with Gasteiger partial charge in [0.2, 0.25) is 5.91 Å². The molecule has 0 bridgehead atoms. The second kappa shape index (κ2) is 8.53. The van der Waals surface area contributed by atoms with Crippen LogP contribution in [0.15, 0.2) is 24.3 Å². The number of hydrogen-bond acceptors (Lipinski definition) is 3. The van der Waals surface area contributed by atoms with E-state index in [1.807, 2.05) is 0 Å². The fourth-order valence-electron chi connectivity index (χ4n) is 1.85. The number of halogens is 1. The van der Waals surface area contributed by atoms with Gasteiger partial charge in [0.05, 0.1) is 16.5 Å². The highest BCUT2D eigenvalue weighted by Gasteiger charge is 2.26. The molecule has 0 aliphatic heterocycles. The molecule has 1 aromatic carbocycles. The highest BCUT2D eigenvalue weighted by atomic mass is 35.5. The van der Waals surface area contributed by atoms with E-state index in [0.717, 1.165) is 0 Å². The maximum Gasteiger partial charge on any atom is 0.308 e. The third-order valence-corrected chi connectivity index (χ3v) is 3.69. The lowest BCUT2D eigenvalue weighted by atomic mass is 10.0. The van der Waals surface area contributed by atoms with Crippen LogP contribution in [0.1, 0.15) is 31.1 Å². The number of carboxylic acids is 1. The van der Waals surface area contributed by atoms with Crippen LogP contribution in [0.3, 0.4) is 0 Å². The third-order valence-electron chi connectivity index (χ3n) is 3.36. The number of carbonyl (C=O) groups excluding carboxylic acids is 2. The molecule has 2 unspecified atom stereocenters. The smallest absolute Gasteiger partial charge is 0.308 e. The zero-order valence-corrected chi connectivity index (χ0v) is 14.1. The van der Waals surface area contributed by atoms with Crippen LogP contribution >= 0.6 is 11.6 Å². The molecule has 0 radical (unpaired) electrons. The van der Waals surface area contributed by atoms with Crippen molar-refractivity contribution in [3.8, 4) is 0 Å². The first-order valence-corrected chi connectivity index (χ1v) is 7.67. The molecule has 0 fully saturated rings. The van der Waals surface area contributed by atoms with Crippen LogP contribution in [-0.4, -0.2) is 35.5 Å². The van der Waals surface area contributed by atoms with Gasteiger partial charge in [-0.1, -0.05) is 44.5 Å². The van der Waals surface area contributed by atoms with Crippen molar-refractivity contribution in [2.75, 3.05) is 6.54 Å². The standard InChI is InChI=1S/C16H21ClN2O4/c1-9(2)13(15(21)18-8-10(3)16(22)23)19-14(20)11-6-4-5-7-12(11)17/h4-7,9-10,13H,8H2,1-3H3,(H,18,21)(H,19,20)(H,22,23). The predicted octanol–water partition coefficient (Wildman–Crippen LogP) is 1.93. The minimum atomic E-state index is -0.994. The van der Waals surface area contributed by atoms with E-state index in [0.29, 0.717) is 5.02 Å². The Labute approximate surface area is 140 Å². The van der Waals surface area contributed by atoms with E-state index >= 15 is 0 Å². The molecule has 3 N–H and O–H groups in total. The quantitative estimate of drug-likeness (QED) is 0.706. The number of carboxylic acid groups (broad SMARTS) is 1. The van der Waals surface area contributed by atoms with Gasteiger partial charge in [-0.25, -0.2) is 0 Å². The summed E-state index contributed by atoms with van der Waals surface area (Å²) in [6, 6.07) is 5.77. The Bertz CT molecular complexity index is 589. The molecule has 1 rings (SSSR count). The molecule has 0 aromatic heterocycles. The van der Waals surface area contributed by atoms with Crippen molar-refractivity contribution in [1.29, 1.82) is 0 Å². The second-order valence-electron chi connectivity index (χ2n) is 5.66. The van der Waals surface area contributed by atoms with E-state index in [9.17, 15) is 14.4 Å². The molecule has 0 aliphatic rings. The van der Waals surface area contributed by atoms with Gasteiger partial charge in [0, 0.05) is 6.54 Å². The number of nitrogens with one attached hydrogen (secondary N) is 2. The average Bonchev–Trinajstić information content (AvgIpc) is 2.49. The summed E-state index contributed by atoms with van der Waals surface area (Å²) in [7, 11) is 0. The summed E-state index contributed by atoms with van der Waals surface area (Å²) >= 11 is 5.97. The minimum Gasteiger partial charge on any atom is -0.481 e. The van der Waals surface area contributed by atoms with Crippen molar-refractivity contribution in [3.05, 3.63) is 34.9 Å². The van der Waals surface area contributed by atoms with Crippen molar-refractivity contribution in [2.24, 2.45) is 11.8 Å². The van der Waals surface area contributed by atoms with Crippen molar-refractivity contribution in [2.45, 2.75) is 26.8 Å². The average molecular weight is 341 g/mol. The van der Waals surface area contributed by atoms with Gasteiger partial charge < -0.3 is 15.7 Å². The molecule has 0 spiro atoms. The van der Waals surface area contributed by atoms with E-state index < -0.39 is 29.7 Å². The predicted molar refractivity (Wildman–Crippen MR) is 87.4 cm³/mol. The first-order valence-electron chi connectivity index (χ1n) is 7.30. The number of rotatable bonds is 7. The van der Waals surface area contributed by atoms with Crippen molar-refractivity contribution < 1.29 is 19.5 Å². The van der Waals surface area contributed by atoms with Crippen LogP contribution in [0.5, 0.6) is 0 Å². The van der Waals surface area contributed by atoms with Gasteiger partial charge in [0.25, 0.3) is 5.91 Å². The highest BCUT2D eigenvalue weighted by Crippen LogP contribution is 2.15. The molecule has 1 aromatic rings. The summed E-state index contributed by atoms with van der Waals surface area (Å²) < 4.78 is 0. The molecule has 0 saturated heterocycles. The van der Waals surface area contributed by atoms with E-state index in [2.05, 4.69) is 10.6 Å². The lowest BCUT2D eigenvalue weighted by molar-refractivity contribution is -0.141. The zero-order valence-electron chi connectivity index (χ0n) is 13.3. The Morgan fingerprint density at radius 2 is 1.78 bits per heavy atom. The molecular weight excluding hydrogens is 320 g/mol. The summed E-state index contributed by atoms with van der Waals surface area (Å²) in [5.74, 6) is -2.73. The van der Waals surface area contributed by atoms with Crippen LogP contribution in [0.25, 0.3) is 0 Å². The summed E-state index contributed by atoms with van der Waals surface area (Å²) in [4.78, 5) is 35.3. The number of amides is 2. The molecule has 126 valence electrons. The fraction of sp³-hybridized carbons (Fsp3) is 0.438. The molecule has 6 nitrogen and oxygen atoms in total. The van der Waals surface area contributed by atoms with Crippen molar-refractivity contribution >= 4 is 29.4 Å². The first kappa shape index (κ1) is 19.0. The Morgan fingerprint density at radius 3 is 2.30 bits per heavy atom. The lowest BCUT2D eigenvalue weighted by Gasteiger charge is -2.22. The summed E-state index contributed by atoms with van der Waals surface area (Å²) in [5, 5.41) is 14.3. The summed E-state index contributed by atoms with van der Waals surface area (Å²) in [6.45, 7) is 5.07. The third kappa shape index (κ3) is 5.56. The lowest BCUT2D eigenvalue weighted by Crippen LogP contribution is -2.50. The molecule has 0 heterocycles. The van der Waals surface area contributed by atoms with Gasteiger partial charge >= 0.3 is 5.97 Å². The topological polar surface area (TPSA) is 95.5 Å². The second-order valence-corrected chi connectivity index (χ2v) is 6.07. The largest absolute Gasteiger partial charge is 0.481 e. The maximum absolute atomic E-state index is 12.3. The molecule has 2 amide bonds. The van der Waals surface area contributed by atoms with Crippen LogP contribution in [0.4, 0.5) is 0 Å². The van der Waals surface area contributed by atoms with E-state index in [1.54, 1.807) is 38.1 Å². The number of aliphatic carboxylic acids is 1. The van der Waals surface area contributed by atoms with Crippen LogP contribution in [0.2, 0.25) is 5.02 Å². The summed E-state index contributed by atoms with van der Waals surface area (Å²) in [5.41, 5.74) is 0.284. The molecule has 0 aliphatic carbocycles. The van der Waals surface area contributed by atoms with E-state index in [4.69, 9.17) is 16.7 Å². The normalized spacial score (nSPS) is 13.3. The zero-order chi connectivity index (χ0) is 17.6. The molecule has 2 atom stereocenters. The van der Waals surface area contributed by atoms with Crippen LogP contribution in [0, 0.1) is 11.8 Å². The highest BCUT2D eigenvalue weighted by molar-refractivity contribution is 6.33. The molecule has 0 saturated carbocycles. The molecule has 7 heteroatoms. The van der Waals surface area contributed by atoms with Crippen LogP contribution < -0.4 is 10.6 Å². The monoisotopic (exact) mass is 340 g/mol. The first-order chi connectivity index (χ1) is 10.7. The molecular formula is C16H21ClN2O4. The Hall–Kier alpha value is -2.08. The Balaban J connectivity index is 2.75. The van der Waals surface area contributed by atoms with Gasteiger partial charge in [0.15, 0.2) is 0 Å². The van der Waals surface area contributed by atoms with Gasteiger partial charge in [0.1, 0.15) is 6.04 Å². The van der Waals surface area contributed by atoms with Crippen LogP contribution in [-0.2, 0) is 9.59 Å². The van der Waals surface area contributed by atoms with E-state index in [-0.39, 0.29) is 18.0 Å².